The van der Waals surface area contributed by atoms with Crippen molar-refractivity contribution in [2.75, 3.05) is 6.54 Å². The van der Waals surface area contributed by atoms with E-state index in [2.05, 4.69) is 6.58 Å². The Kier molecular flexibility index (Phi) is 3.59. The van der Waals surface area contributed by atoms with Gasteiger partial charge in [0.25, 0.3) is 0 Å². The van der Waals surface area contributed by atoms with Crippen molar-refractivity contribution in [3.63, 3.8) is 0 Å². The second-order valence-corrected chi connectivity index (χ2v) is 4.50. The van der Waals surface area contributed by atoms with Crippen LogP contribution >= 0.6 is 0 Å². The van der Waals surface area contributed by atoms with Gasteiger partial charge in [-0.25, -0.2) is 0 Å². The first-order valence-corrected chi connectivity index (χ1v) is 5.91. The molecule has 0 bridgehead atoms. The second kappa shape index (κ2) is 5.15. The Morgan fingerprint density at radius 2 is 2.12 bits per heavy atom. The van der Waals surface area contributed by atoms with Crippen molar-refractivity contribution in [2.24, 2.45) is 11.7 Å². The van der Waals surface area contributed by atoms with Crippen LogP contribution in [-0.4, -0.2) is 23.4 Å². The van der Waals surface area contributed by atoms with Gasteiger partial charge in [-0.2, -0.15) is 0 Å². The summed E-state index contributed by atoms with van der Waals surface area (Å²) in [6.45, 7) is 4.97. The van der Waals surface area contributed by atoms with Crippen LogP contribution in [0.15, 0.2) is 43.0 Å². The lowest BCUT2D eigenvalue weighted by molar-refractivity contribution is -0.131. The summed E-state index contributed by atoms with van der Waals surface area (Å²) in [4.78, 5) is 13.9. The summed E-state index contributed by atoms with van der Waals surface area (Å²) in [5, 5.41) is 0. The van der Waals surface area contributed by atoms with E-state index >= 15 is 0 Å². The molecule has 1 saturated heterocycles. The minimum absolute atomic E-state index is 0.0655. The molecule has 17 heavy (non-hydrogen) atoms. The molecular weight excluding hydrogens is 212 g/mol. The molecular formula is C14H18N2O. The molecule has 1 fully saturated rings. The Bertz CT molecular complexity index is 402. The summed E-state index contributed by atoms with van der Waals surface area (Å²) in [5.74, 6) is 0.0671. The third-order valence-electron chi connectivity index (χ3n) is 3.21. The Labute approximate surface area is 102 Å². The van der Waals surface area contributed by atoms with Gasteiger partial charge in [0.15, 0.2) is 0 Å². The van der Waals surface area contributed by atoms with Crippen LogP contribution in [-0.2, 0) is 11.3 Å². The van der Waals surface area contributed by atoms with E-state index in [1.54, 1.807) is 6.08 Å². The van der Waals surface area contributed by atoms with Crippen LogP contribution in [0, 0.1) is 5.92 Å². The molecule has 2 atom stereocenters. The van der Waals surface area contributed by atoms with Gasteiger partial charge in [-0.15, -0.1) is 6.58 Å². The van der Waals surface area contributed by atoms with Crippen molar-refractivity contribution in [2.45, 2.75) is 19.0 Å². The lowest BCUT2D eigenvalue weighted by atomic mass is 10.0. The van der Waals surface area contributed by atoms with Gasteiger partial charge in [0.05, 0.1) is 5.92 Å². The third kappa shape index (κ3) is 2.56. The smallest absolute Gasteiger partial charge is 0.227 e. The number of hydrogen-bond donors (Lipinski definition) is 1. The summed E-state index contributed by atoms with van der Waals surface area (Å²) >= 11 is 0. The van der Waals surface area contributed by atoms with Crippen LogP contribution < -0.4 is 5.73 Å². The zero-order valence-corrected chi connectivity index (χ0v) is 9.88. The maximum absolute atomic E-state index is 12.1. The third-order valence-corrected chi connectivity index (χ3v) is 3.21. The van der Waals surface area contributed by atoms with E-state index in [-0.39, 0.29) is 17.9 Å². The molecule has 2 N–H and O–H groups in total. The predicted molar refractivity (Wildman–Crippen MR) is 68.1 cm³/mol. The summed E-state index contributed by atoms with van der Waals surface area (Å²) < 4.78 is 0. The molecule has 1 aromatic rings. The van der Waals surface area contributed by atoms with Crippen molar-refractivity contribution in [1.82, 2.24) is 4.90 Å². The minimum atomic E-state index is -0.0868. The van der Waals surface area contributed by atoms with Crippen LogP contribution in [0.4, 0.5) is 0 Å². The molecule has 0 radical (unpaired) electrons. The summed E-state index contributed by atoms with van der Waals surface area (Å²) in [6, 6.07) is 9.93. The topological polar surface area (TPSA) is 46.3 Å². The second-order valence-electron chi connectivity index (χ2n) is 4.50. The van der Waals surface area contributed by atoms with Crippen molar-refractivity contribution in [3.05, 3.63) is 48.6 Å². The first kappa shape index (κ1) is 11.9. The number of nitrogens with zero attached hydrogens (tertiary/aromatic N) is 1. The number of carbonyl (C=O) groups is 1. The van der Waals surface area contributed by atoms with Crippen LogP contribution in [0.5, 0.6) is 0 Å². The highest BCUT2D eigenvalue weighted by atomic mass is 16.2. The average molecular weight is 230 g/mol. The van der Waals surface area contributed by atoms with Gasteiger partial charge in [-0.3, -0.25) is 4.79 Å². The molecule has 1 aliphatic heterocycles. The molecule has 3 heteroatoms. The van der Waals surface area contributed by atoms with E-state index in [9.17, 15) is 4.79 Å². The maximum Gasteiger partial charge on any atom is 0.227 e. The minimum Gasteiger partial charge on any atom is -0.336 e. The van der Waals surface area contributed by atoms with Crippen molar-refractivity contribution in [1.29, 1.82) is 0 Å². The van der Waals surface area contributed by atoms with Crippen molar-refractivity contribution < 1.29 is 4.79 Å². The lowest BCUT2D eigenvalue weighted by Gasteiger charge is -2.16. The van der Waals surface area contributed by atoms with Gasteiger partial charge in [-0.05, 0) is 12.0 Å². The molecule has 2 rings (SSSR count). The SMILES string of the molecule is C=CCC1C(=O)N(Cc2ccccc2)CC1N. The normalized spacial score (nSPS) is 24.1. The van der Waals surface area contributed by atoms with Crippen molar-refractivity contribution in [3.8, 4) is 0 Å². The zero-order valence-electron chi connectivity index (χ0n) is 9.88. The molecule has 0 spiro atoms. The van der Waals surface area contributed by atoms with E-state index in [0.29, 0.717) is 19.5 Å². The van der Waals surface area contributed by atoms with Crippen LogP contribution in [0.3, 0.4) is 0 Å². The van der Waals surface area contributed by atoms with Crippen LogP contribution in [0.2, 0.25) is 0 Å². The molecule has 1 amide bonds. The Morgan fingerprint density at radius 3 is 2.76 bits per heavy atom. The standard InChI is InChI=1S/C14H18N2O/c1-2-6-12-13(15)10-16(14(12)17)9-11-7-4-3-5-8-11/h2-5,7-8,12-13H,1,6,9-10,15H2. The summed E-state index contributed by atoms with van der Waals surface area (Å²) in [5.41, 5.74) is 7.13. The summed E-state index contributed by atoms with van der Waals surface area (Å²) in [7, 11) is 0. The molecule has 1 aromatic carbocycles. The Balaban J connectivity index is 2.04. The van der Waals surface area contributed by atoms with Crippen molar-refractivity contribution >= 4 is 5.91 Å². The molecule has 0 saturated carbocycles. The molecule has 1 heterocycles. The number of amides is 1. The highest BCUT2D eigenvalue weighted by Crippen LogP contribution is 2.22. The molecule has 90 valence electrons. The number of allylic oxidation sites excluding steroid dienone is 1. The summed E-state index contributed by atoms with van der Waals surface area (Å²) in [6.07, 6.45) is 2.44. The molecule has 2 unspecified atom stereocenters. The number of likely N-dealkylation sites (tertiary alicyclic amines) is 1. The number of nitrogens with two attached hydrogens (primary N) is 1. The number of carbonyl (C=O) groups excluding carboxylic acids is 1. The van der Waals surface area contributed by atoms with Gasteiger partial charge in [0.2, 0.25) is 5.91 Å². The fourth-order valence-corrected chi connectivity index (χ4v) is 2.29. The maximum atomic E-state index is 12.1. The molecule has 0 aliphatic carbocycles. The van der Waals surface area contributed by atoms with Gasteiger partial charge in [0, 0.05) is 19.1 Å². The highest BCUT2D eigenvalue weighted by molar-refractivity contribution is 5.82. The fourth-order valence-electron chi connectivity index (χ4n) is 2.29. The van der Waals surface area contributed by atoms with Crippen LogP contribution in [0.1, 0.15) is 12.0 Å². The monoisotopic (exact) mass is 230 g/mol. The van der Waals surface area contributed by atoms with Crippen LogP contribution in [0.25, 0.3) is 0 Å². The Morgan fingerprint density at radius 1 is 1.41 bits per heavy atom. The van der Waals surface area contributed by atoms with E-state index in [1.807, 2.05) is 35.2 Å². The van der Waals surface area contributed by atoms with E-state index in [1.165, 1.54) is 0 Å². The molecule has 0 aromatic heterocycles. The largest absolute Gasteiger partial charge is 0.336 e. The van der Waals surface area contributed by atoms with E-state index < -0.39 is 0 Å². The van der Waals surface area contributed by atoms with Gasteiger partial charge < -0.3 is 10.6 Å². The van der Waals surface area contributed by atoms with Gasteiger partial charge in [0.1, 0.15) is 0 Å². The zero-order chi connectivity index (χ0) is 12.3. The number of hydrogen-bond acceptors (Lipinski definition) is 2. The van der Waals surface area contributed by atoms with Gasteiger partial charge in [-0.1, -0.05) is 36.4 Å². The fraction of sp³-hybridized carbons (Fsp3) is 0.357. The predicted octanol–water partition coefficient (Wildman–Crippen LogP) is 1.55. The quantitative estimate of drug-likeness (QED) is 0.798. The van der Waals surface area contributed by atoms with E-state index in [0.717, 1.165) is 5.56 Å². The number of rotatable bonds is 4. The molecule has 1 aliphatic rings. The number of benzene rings is 1. The highest BCUT2D eigenvalue weighted by Gasteiger charge is 2.36. The first-order chi connectivity index (χ1) is 8.22. The molecule has 3 nitrogen and oxygen atoms in total. The van der Waals surface area contributed by atoms with E-state index in [4.69, 9.17) is 5.73 Å². The lowest BCUT2D eigenvalue weighted by Crippen LogP contribution is -2.29. The first-order valence-electron chi connectivity index (χ1n) is 5.91. The average Bonchev–Trinajstić information content (AvgIpc) is 2.59. The van der Waals surface area contributed by atoms with Gasteiger partial charge >= 0.3 is 0 Å². The Hall–Kier alpha value is -1.61.